The Hall–Kier alpha value is -3.75. The van der Waals surface area contributed by atoms with Crippen LogP contribution >= 0.6 is 0 Å². The summed E-state index contributed by atoms with van der Waals surface area (Å²) in [6.45, 7) is 1.00. The third-order valence-corrected chi connectivity index (χ3v) is 7.34. The van der Waals surface area contributed by atoms with Crippen LogP contribution < -0.4 is 20.1 Å². The van der Waals surface area contributed by atoms with Crippen molar-refractivity contribution in [2.75, 3.05) is 33.1 Å². The molecule has 0 spiro atoms. The number of fused-ring (bicyclic) bond motifs is 1. The average Bonchev–Trinajstić information content (AvgIpc) is 3.20. The molecule has 2 aromatic rings. The highest BCUT2D eigenvalue weighted by molar-refractivity contribution is 5.89. The second-order valence-electron chi connectivity index (χ2n) is 9.03. The van der Waals surface area contributed by atoms with E-state index in [4.69, 9.17) is 14.7 Å². The van der Waals surface area contributed by atoms with Gasteiger partial charge in [-0.2, -0.15) is 10.5 Å². The number of urea groups is 1. The summed E-state index contributed by atoms with van der Waals surface area (Å²) >= 11 is 0. The van der Waals surface area contributed by atoms with Gasteiger partial charge >= 0.3 is 6.03 Å². The molecule has 0 unspecified atom stereocenters. The van der Waals surface area contributed by atoms with Crippen LogP contribution in [0.1, 0.15) is 42.4 Å². The van der Waals surface area contributed by atoms with E-state index in [-0.39, 0.29) is 28.6 Å². The molecule has 4 rings (SSSR count). The Bertz CT molecular complexity index is 1170. The molecule has 1 saturated carbocycles. The van der Waals surface area contributed by atoms with E-state index in [1.54, 1.807) is 26.4 Å². The van der Waals surface area contributed by atoms with E-state index in [9.17, 15) is 10.1 Å². The minimum absolute atomic E-state index is 0.0117. The first-order valence-corrected chi connectivity index (χ1v) is 11.4. The van der Waals surface area contributed by atoms with Crippen LogP contribution in [0.4, 0.5) is 10.5 Å². The molecule has 1 aliphatic heterocycles. The topological polar surface area (TPSA) is 110 Å². The molecule has 176 valence electrons. The highest BCUT2D eigenvalue weighted by Gasteiger charge is 2.50. The van der Waals surface area contributed by atoms with Gasteiger partial charge in [0.2, 0.25) is 0 Å². The smallest absolute Gasteiger partial charge is 0.319 e. The van der Waals surface area contributed by atoms with Crippen LogP contribution in [0, 0.1) is 22.7 Å². The Morgan fingerprint density at radius 3 is 2.53 bits per heavy atom. The Morgan fingerprint density at radius 2 is 1.82 bits per heavy atom. The number of hydrogen-bond acceptors (Lipinski definition) is 6. The third-order valence-electron chi connectivity index (χ3n) is 7.34. The number of benzene rings is 2. The molecule has 8 heteroatoms. The largest absolute Gasteiger partial charge is 0.493 e. The number of anilines is 1. The normalized spacial score (nSPS) is 23.8. The van der Waals surface area contributed by atoms with Gasteiger partial charge in [0.25, 0.3) is 0 Å². The first-order chi connectivity index (χ1) is 16.4. The zero-order valence-electron chi connectivity index (χ0n) is 19.7. The lowest BCUT2D eigenvalue weighted by Crippen LogP contribution is -2.52. The molecule has 2 fully saturated rings. The number of rotatable bonds is 5. The molecule has 0 bridgehead atoms. The molecular formula is C26H29N5O3. The highest BCUT2D eigenvalue weighted by atomic mass is 16.5. The summed E-state index contributed by atoms with van der Waals surface area (Å²) in [6.07, 6.45) is 3.72. The van der Waals surface area contributed by atoms with Crippen molar-refractivity contribution in [3.8, 4) is 23.6 Å². The second-order valence-corrected chi connectivity index (χ2v) is 9.03. The lowest BCUT2D eigenvalue weighted by Gasteiger charge is -2.45. The van der Waals surface area contributed by atoms with Crippen LogP contribution in [0.3, 0.4) is 0 Å². The lowest BCUT2D eigenvalue weighted by molar-refractivity contribution is 0.156. The fourth-order valence-electron chi connectivity index (χ4n) is 5.56. The van der Waals surface area contributed by atoms with Crippen LogP contribution in [0.5, 0.6) is 11.5 Å². The molecule has 1 aliphatic carbocycles. The van der Waals surface area contributed by atoms with Crippen LogP contribution in [0.25, 0.3) is 0 Å². The Balaban J connectivity index is 1.47. The predicted molar refractivity (Wildman–Crippen MR) is 128 cm³/mol. The van der Waals surface area contributed by atoms with E-state index in [0.29, 0.717) is 11.7 Å². The van der Waals surface area contributed by atoms with Crippen molar-refractivity contribution in [1.82, 2.24) is 10.2 Å². The van der Waals surface area contributed by atoms with Crippen molar-refractivity contribution < 1.29 is 14.3 Å². The van der Waals surface area contributed by atoms with Gasteiger partial charge in [0, 0.05) is 23.2 Å². The molecule has 2 amide bonds. The van der Waals surface area contributed by atoms with Crippen LogP contribution in [0.2, 0.25) is 0 Å². The molecular weight excluding hydrogens is 430 g/mol. The van der Waals surface area contributed by atoms with Crippen LogP contribution in [-0.4, -0.2) is 50.8 Å². The summed E-state index contributed by atoms with van der Waals surface area (Å²) in [5.41, 5.74) is 2.28. The lowest BCUT2D eigenvalue weighted by atomic mass is 9.65. The van der Waals surface area contributed by atoms with E-state index >= 15 is 0 Å². The van der Waals surface area contributed by atoms with Crippen molar-refractivity contribution in [1.29, 1.82) is 10.5 Å². The first kappa shape index (κ1) is 23.4. The number of methoxy groups -OCH3 is 2. The first-order valence-electron chi connectivity index (χ1n) is 11.4. The quantitative estimate of drug-likeness (QED) is 0.704. The number of nitrogens with one attached hydrogen (secondary N) is 2. The van der Waals surface area contributed by atoms with Crippen LogP contribution in [-0.2, 0) is 5.41 Å². The Labute approximate surface area is 200 Å². The van der Waals surface area contributed by atoms with Crippen molar-refractivity contribution >= 4 is 11.7 Å². The number of likely N-dealkylation sites (tertiary alicyclic amines) is 1. The molecule has 0 radical (unpaired) electrons. The summed E-state index contributed by atoms with van der Waals surface area (Å²) < 4.78 is 11.0. The summed E-state index contributed by atoms with van der Waals surface area (Å²) in [7, 11) is 5.45. The summed E-state index contributed by atoms with van der Waals surface area (Å²) in [5, 5.41) is 24.2. The van der Waals surface area contributed by atoms with Gasteiger partial charge in [-0.1, -0.05) is 6.07 Å². The van der Waals surface area contributed by atoms with Gasteiger partial charge in [0.1, 0.15) is 12.1 Å². The molecule has 8 nitrogen and oxygen atoms in total. The van der Waals surface area contributed by atoms with Crippen molar-refractivity contribution in [3.63, 3.8) is 0 Å². The fraction of sp³-hybridized carbons (Fsp3) is 0.423. The standard InChI is InChI=1S/C26H29N5O3/c1-31-11-10-26(19-5-7-22(33-2)23(13-19)34-3)9-8-21(14-24(26)31)30-25(32)29-20-6-4-17(15-27)18(12-20)16-28/h4-7,12-13,21,24H,8-11,14H2,1-3H3,(H2,29,30,32)/t21-,24+,26-/m0/s1. The van der Waals surface area contributed by atoms with E-state index in [0.717, 1.165) is 43.7 Å². The molecule has 0 aromatic heterocycles. The van der Waals surface area contributed by atoms with Gasteiger partial charge in [-0.15, -0.1) is 0 Å². The van der Waals surface area contributed by atoms with Gasteiger partial charge in [-0.25, -0.2) is 4.79 Å². The third kappa shape index (κ3) is 4.25. The van der Waals surface area contributed by atoms with E-state index in [2.05, 4.69) is 34.7 Å². The number of likely N-dealkylation sites (N-methyl/N-ethyl adjacent to an activating group) is 1. The molecule has 1 saturated heterocycles. The molecule has 1 heterocycles. The monoisotopic (exact) mass is 459 g/mol. The number of nitrogens with zero attached hydrogens (tertiary/aromatic N) is 3. The van der Waals surface area contributed by atoms with E-state index < -0.39 is 0 Å². The minimum Gasteiger partial charge on any atom is -0.493 e. The minimum atomic E-state index is -0.308. The maximum Gasteiger partial charge on any atom is 0.319 e. The maximum absolute atomic E-state index is 12.7. The van der Waals surface area contributed by atoms with Gasteiger partial charge in [-0.05, 0) is 75.2 Å². The Kier molecular flexibility index (Phi) is 6.63. The zero-order chi connectivity index (χ0) is 24.3. The number of carbonyl (C=O) groups excluding carboxylic acids is 1. The molecule has 2 aromatic carbocycles. The number of nitriles is 2. The number of hydrogen-bond donors (Lipinski definition) is 2. The Morgan fingerprint density at radius 1 is 1.06 bits per heavy atom. The molecule has 2 aliphatic rings. The summed E-state index contributed by atoms with van der Waals surface area (Å²) in [6, 6.07) is 14.9. The summed E-state index contributed by atoms with van der Waals surface area (Å²) in [4.78, 5) is 15.1. The van der Waals surface area contributed by atoms with Gasteiger partial charge in [0.05, 0.1) is 25.3 Å². The number of carbonyl (C=O) groups is 1. The molecule has 3 atom stereocenters. The average molecular weight is 460 g/mol. The van der Waals surface area contributed by atoms with Gasteiger partial charge < -0.3 is 25.0 Å². The van der Waals surface area contributed by atoms with Gasteiger partial charge in [0.15, 0.2) is 11.5 Å². The predicted octanol–water partition coefficient (Wildman–Crippen LogP) is 3.76. The SMILES string of the molecule is COc1ccc([C@@]23CC[C@H](NC(=O)Nc4ccc(C#N)c(C#N)c4)C[C@H]2N(C)CC3)cc1OC. The number of amides is 2. The van der Waals surface area contributed by atoms with Gasteiger partial charge in [-0.3, -0.25) is 0 Å². The second kappa shape index (κ2) is 9.62. The molecule has 2 N–H and O–H groups in total. The summed E-state index contributed by atoms with van der Waals surface area (Å²) in [5.74, 6) is 1.46. The highest BCUT2D eigenvalue weighted by Crippen LogP contribution is 2.49. The molecule has 34 heavy (non-hydrogen) atoms. The van der Waals surface area contributed by atoms with E-state index in [1.807, 2.05) is 18.2 Å². The maximum atomic E-state index is 12.7. The van der Waals surface area contributed by atoms with Crippen molar-refractivity contribution in [3.05, 3.63) is 53.1 Å². The zero-order valence-corrected chi connectivity index (χ0v) is 19.7. The fourth-order valence-corrected chi connectivity index (χ4v) is 5.56. The number of ether oxygens (including phenoxy) is 2. The van der Waals surface area contributed by atoms with Crippen LogP contribution in [0.15, 0.2) is 36.4 Å². The van der Waals surface area contributed by atoms with Crippen molar-refractivity contribution in [2.45, 2.75) is 43.2 Å². The van der Waals surface area contributed by atoms with E-state index in [1.165, 1.54) is 11.6 Å². The van der Waals surface area contributed by atoms with Crippen molar-refractivity contribution in [2.24, 2.45) is 0 Å².